The summed E-state index contributed by atoms with van der Waals surface area (Å²) >= 11 is 0. The van der Waals surface area contributed by atoms with Crippen LogP contribution in [0.4, 0.5) is 0 Å². The van der Waals surface area contributed by atoms with Crippen molar-refractivity contribution >= 4 is 14.3 Å². The number of carbonyl (C=O) groups excluding carboxylic acids is 1. The molecule has 0 aliphatic carbocycles. The van der Waals surface area contributed by atoms with Gasteiger partial charge in [-0.1, -0.05) is 6.92 Å². The topological polar surface area (TPSA) is 77.0 Å². The molecule has 0 amide bonds. The number of nitrogens with one attached hydrogen (secondary N) is 1. The number of hydrogen-bond acceptors (Lipinski definition) is 6. The van der Waals surface area contributed by atoms with Crippen LogP contribution in [-0.4, -0.2) is 64.6 Å². The molecule has 7 heteroatoms. The Morgan fingerprint density at radius 3 is 2.20 bits per heavy atom. The molecule has 0 saturated heterocycles. The maximum atomic E-state index is 12.4. The summed E-state index contributed by atoms with van der Waals surface area (Å²) in [5.74, 6) is 0.0219. The summed E-state index contributed by atoms with van der Waals surface area (Å²) < 4.78 is 16.7. The van der Waals surface area contributed by atoms with Crippen molar-refractivity contribution in [3.63, 3.8) is 0 Å². The SMILES string of the molecule is CO[Si](C)(CCCNCCC(=O)C(C)(C)OCC(C)C(C)(C)O)OC. The lowest BCUT2D eigenvalue weighted by Gasteiger charge is -2.30. The Bertz CT molecular complexity index is 391. The molecule has 0 aliphatic rings. The molecule has 0 aromatic heterocycles. The Balaban J connectivity index is 4.04. The van der Waals surface area contributed by atoms with Gasteiger partial charge >= 0.3 is 8.56 Å². The number of ether oxygens (including phenoxy) is 1. The van der Waals surface area contributed by atoms with Crippen molar-refractivity contribution < 1.29 is 23.5 Å². The van der Waals surface area contributed by atoms with Gasteiger partial charge in [-0.05, 0) is 53.3 Å². The number of aliphatic hydroxyl groups is 1. The van der Waals surface area contributed by atoms with Crippen molar-refractivity contribution in [3.8, 4) is 0 Å². The minimum Gasteiger partial charge on any atom is -0.398 e. The van der Waals surface area contributed by atoms with Gasteiger partial charge in [0.15, 0.2) is 5.78 Å². The van der Waals surface area contributed by atoms with Crippen molar-refractivity contribution in [2.75, 3.05) is 33.9 Å². The van der Waals surface area contributed by atoms with E-state index in [0.29, 0.717) is 19.6 Å². The Morgan fingerprint density at radius 1 is 1.16 bits per heavy atom. The maximum Gasteiger partial charge on any atom is 0.334 e. The van der Waals surface area contributed by atoms with Crippen molar-refractivity contribution in [2.45, 2.75) is 71.3 Å². The summed E-state index contributed by atoms with van der Waals surface area (Å²) in [5, 5.41) is 13.2. The molecule has 6 nitrogen and oxygen atoms in total. The number of Topliss-reactive ketones (excluding diaryl/α,β-unsaturated/α-hetero) is 1. The summed E-state index contributed by atoms with van der Waals surface area (Å²) in [6.45, 7) is 12.9. The maximum absolute atomic E-state index is 12.4. The summed E-state index contributed by atoms with van der Waals surface area (Å²) in [6.07, 6.45) is 1.38. The van der Waals surface area contributed by atoms with Gasteiger partial charge in [0.1, 0.15) is 5.60 Å². The molecule has 0 rings (SSSR count). The monoisotopic (exact) mass is 377 g/mol. The fourth-order valence-corrected chi connectivity index (χ4v) is 3.46. The molecule has 25 heavy (non-hydrogen) atoms. The number of carbonyl (C=O) groups is 1. The molecule has 0 aliphatic heterocycles. The Hall–Kier alpha value is -0.313. The van der Waals surface area contributed by atoms with Gasteiger partial charge in [0, 0.05) is 33.1 Å². The zero-order valence-electron chi connectivity index (χ0n) is 17.4. The quantitative estimate of drug-likeness (QED) is 0.358. The Kier molecular flexibility index (Phi) is 10.6. The second kappa shape index (κ2) is 10.7. The molecule has 0 heterocycles. The molecule has 0 radical (unpaired) electrons. The predicted molar refractivity (Wildman–Crippen MR) is 103 cm³/mol. The highest BCUT2D eigenvalue weighted by Crippen LogP contribution is 2.20. The third-order valence-electron chi connectivity index (χ3n) is 4.95. The average Bonchev–Trinajstić information content (AvgIpc) is 2.54. The van der Waals surface area contributed by atoms with Crippen LogP contribution in [0.15, 0.2) is 0 Å². The predicted octanol–water partition coefficient (Wildman–Crippen LogP) is 2.49. The zero-order valence-corrected chi connectivity index (χ0v) is 18.4. The van der Waals surface area contributed by atoms with Gasteiger partial charge in [-0.15, -0.1) is 0 Å². The van der Waals surface area contributed by atoms with E-state index < -0.39 is 19.8 Å². The Morgan fingerprint density at radius 2 is 1.72 bits per heavy atom. The molecule has 0 aromatic rings. The van der Waals surface area contributed by atoms with E-state index in [9.17, 15) is 9.90 Å². The molecule has 2 N–H and O–H groups in total. The minimum atomic E-state index is -1.99. The highest BCUT2D eigenvalue weighted by Gasteiger charge is 2.31. The van der Waals surface area contributed by atoms with Crippen molar-refractivity contribution in [3.05, 3.63) is 0 Å². The van der Waals surface area contributed by atoms with Gasteiger partial charge in [0.05, 0.1) is 12.2 Å². The van der Waals surface area contributed by atoms with Crippen LogP contribution in [-0.2, 0) is 18.4 Å². The lowest BCUT2D eigenvalue weighted by atomic mass is 9.93. The van der Waals surface area contributed by atoms with E-state index in [4.69, 9.17) is 13.6 Å². The molecule has 0 fully saturated rings. The molecule has 1 atom stereocenters. The van der Waals surface area contributed by atoms with E-state index in [2.05, 4.69) is 5.32 Å². The smallest absolute Gasteiger partial charge is 0.334 e. The van der Waals surface area contributed by atoms with Crippen molar-refractivity contribution in [1.82, 2.24) is 5.32 Å². The van der Waals surface area contributed by atoms with Crippen LogP contribution in [0.2, 0.25) is 12.6 Å². The first kappa shape index (κ1) is 24.7. The number of ketones is 1. The van der Waals surface area contributed by atoms with Crippen LogP contribution in [0.5, 0.6) is 0 Å². The van der Waals surface area contributed by atoms with E-state index in [0.717, 1.165) is 19.0 Å². The van der Waals surface area contributed by atoms with Crippen molar-refractivity contribution in [2.24, 2.45) is 5.92 Å². The van der Waals surface area contributed by atoms with E-state index in [1.54, 1.807) is 41.9 Å². The highest BCUT2D eigenvalue weighted by molar-refractivity contribution is 6.65. The first-order valence-electron chi connectivity index (χ1n) is 9.08. The normalized spacial score (nSPS) is 14.6. The third kappa shape index (κ3) is 9.82. The van der Waals surface area contributed by atoms with E-state index >= 15 is 0 Å². The lowest BCUT2D eigenvalue weighted by molar-refractivity contribution is -0.145. The minimum absolute atomic E-state index is 0.0438. The number of hydrogen-bond donors (Lipinski definition) is 2. The summed E-state index contributed by atoms with van der Waals surface area (Å²) in [6, 6.07) is 0.921. The van der Waals surface area contributed by atoms with E-state index in [-0.39, 0.29) is 11.7 Å². The first-order chi connectivity index (χ1) is 11.4. The van der Waals surface area contributed by atoms with Crippen LogP contribution in [0.1, 0.15) is 47.5 Å². The molecule has 150 valence electrons. The third-order valence-corrected chi connectivity index (χ3v) is 7.94. The fourth-order valence-electron chi connectivity index (χ4n) is 2.07. The van der Waals surface area contributed by atoms with E-state index in [1.807, 2.05) is 13.5 Å². The average molecular weight is 378 g/mol. The standard InChI is InChI=1S/C18H39NO5Si/c1-15(17(2,3)21)14-24-18(4,5)16(20)10-12-19-11-9-13-25(8,22-6)23-7/h15,19,21H,9-14H2,1-8H3. The fraction of sp³-hybridized carbons (Fsp3) is 0.944. The molecule has 1 unspecified atom stereocenters. The van der Waals surface area contributed by atoms with Gasteiger partial charge in [0.25, 0.3) is 0 Å². The van der Waals surface area contributed by atoms with Crippen LogP contribution in [0.25, 0.3) is 0 Å². The highest BCUT2D eigenvalue weighted by atomic mass is 28.4. The molecule has 0 aromatic carbocycles. The van der Waals surface area contributed by atoms with Crippen LogP contribution in [0.3, 0.4) is 0 Å². The van der Waals surface area contributed by atoms with Crippen LogP contribution >= 0.6 is 0 Å². The second-order valence-electron chi connectivity index (χ2n) is 7.94. The van der Waals surface area contributed by atoms with Crippen LogP contribution in [0, 0.1) is 5.92 Å². The molecule has 0 saturated carbocycles. The van der Waals surface area contributed by atoms with Crippen molar-refractivity contribution in [1.29, 1.82) is 0 Å². The largest absolute Gasteiger partial charge is 0.398 e. The second-order valence-corrected chi connectivity index (χ2v) is 11.5. The molecular formula is C18H39NO5Si. The van der Waals surface area contributed by atoms with Gasteiger partial charge in [-0.2, -0.15) is 0 Å². The molecule has 0 spiro atoms. The lowest BCUT2D eigenvalue weighted by Crippen LogP contribution is -2.41. The van der Waals surface area contributed by atoms with Gasteiger partial charge < -0.3 is 24.0 Å². The summed E-state index contributed by atoms with van der Waals surface area (Å²) in [4.78, 5) is 12.4. The summed E-state index contributed by atoms with van der Waals surface area (Å²) in [5.41, 5.74) is -1.65. The summed E-state index contributed by atoms with van der Waals surface area (Å²) in [7, 11) is 1.40. The van der Waals surface area contributed by atoms with Gasteiger partial charge in [-0.3, -0.25) is 4.79 Å². The molecule has 0 bridgehead atoms. The van der Waals surface area contributed by atoms with Gasteiger partial charge in [-0.25, -0.2) is 0 Å². The Labute approximate surface area is 154 Å². The van der Waals surface area contributed by atoms with Gasteiger partial charge in [0.2, 0.25) is 0 Å². The zero-order chi connectivity index (χ0) is 19.7. The first-order valence-corrected chi connectivity index (χ1v) is 11.6. The van der Waals surface area contributed by atoms with E-state index in [1.165, 1.54) is 0 Å². The molecular weight excluding hydrogens is 338 g/mol. The number of rotatable bonds is 14. The van der Waals surface area contributed by atoms with Crippen LogP contribution < -0.4 is 5.32 Å².